The number of ether oxygens (including phenoxy) is 1. The highest BCUT2D eigenvalue weighted by atomic mass is 19.4. The number of carbonyl (C=O) groups is 2. The van der Waals surface area contributed by atoms with E-state index in [0.29, 0.717) is 0 Å². The SMILES string of the molecule is CCOC(=O)C(C(CC(=O)C(F)(F)F)c1ccc(C)cc1)[N+](=O)[O-]. The van der Waals surface area contributed by atoms with Crippen LogP contribution in [0, 0.1) is 17.0 Å². The predicted octanol–water partition coefficient (Wildman–Crippen LogP) is 2.81. The van der Waals surface area contributed by atoms with Crippen LogP contribution in [0.4, 0.5) is 13.2 Å². The molecule has 1 rings (SSSR count). The molecule has 0 aliphatic rings. The van der Waals surface area contributed by atoms with Gasteiger partial charge in [-0.15, -0.1) is 0 Å². The average Bonchev–Trinajstić information content (AvgIpc) is 2.46. The molecule has 0 aliphatic heterocycles. The van der Waals surface area contributed by atoms with Crippen molar-refractivity contribution in [3.8, 4) is 0 Å². The zero-order valence-electron chi connectivity index (χ0n) is 13.0. The number of esters is 1. The van der Waals surface area contributed by atoms with E-state index in [1.54, 1.807) is 6.92 Å². The van der Waals surface area contributed by atoms with E-state index in [0.717, 1.165) is 5.56 Å². The van der Waals surface area contributed by atoms with Gasteiger partial charge in [-0.1, -0.05) is 29.8 Å². The number of rotatable bonds is 7. The Labute approximate surface area is 135 Å². The number of Topliss-reactive ketones (excluding diaryl/α,β-unsaturated/α-hetero) is 1. The van der Waals surface area contributed by atoms with Crippen LogP contribution in [0.3, 0.4) is 0 Å². The van der Waals surface area contributed by atoms with Crippen molar-refractivity contribution in [1.29, 1.82) is 0 Å². The number of hydrogen-bond donors (Lipinski definition) is 0. The van der Waals surface area contributed by atoms with Gasteiger partial charge in [0.25, 0.3) is 0 Å². The highest BCUT2D eigenvalue weighted by Crippen LogP contribution is 2.31. The topological polar surface area (TPSA) is 86.5 Å². The number of halogens is 3. The summed E-state index contributed by atoms with van der Waals surface area (Å²) >= 11 is 0. The van der Waals surface area contributed by atoms with Crippen molar-refractivity contribution in [2.24, 2.45) is 0 Å². The second-order valence-electron chi connectivity index (χ2n) is 5.12. The van der Waals surface area contributed by atoms with Crippen LogP contribution >= 0.6 is 0 Å². The van der Waals surface area contributed by atoms with Crippen molar-refractivity contribution in [2.75, 3.05) is 6.61 Å². The molecule has 0 N–H and O–H groups in total. The lowest BCUT2D eigenvalue weighted by molar-refractivity contribution is -0.514. The molecule has 0 fully saturated rings. The molecule has 2 atom stereocenters. The molecule has 1 aromatic rings. The Morgan fingerprint density at radius 1 is 1.25 bits per heavy atom. The van der Waals surface area contributed by atoms with Crippen LogP contribution in [0.25, 0.3) is 0 Å². The molecule has 0 bridgehead atoms. The van der Waals surface area contributed by atoms with Gasteiger partial charge in [0.1, 0.15) is 0 Å². The number of aryl methyl sites for hydroxylation is 1. The Kier molecular flexibility index (Phi) is 6.44. The summed E-state index contributed by atoms with van der Waals surface area (Å²) < 4.78 is 42.3. The van der Waals surface area contributed by atoms with E-state index in [1.165, 1.54) is 31.2 Å². The molecular weight excluding hydrogens is 331 g/mol. The maximum atomic E-state index is 12.6. The van der Waals surface area contributed by atoms with E-state index in [4.69, 9.17) is 0 Å². The van der Waals surface area contributed by atoms with Gasteiger partial charge in [0.05, 0.1) is 12.5 Å². The van der Waals surface area contributed by atoms with E-state index < -0.39 is 41.2 Å². The average molecular weight is 347 g/mol. The molecule has 24 heavy (non-hydrogen) atoms. The first-order chi connectivity index (χ1) is 11.1. The fourth-order valence-corrected chi connectivity index (χ4v) is 2.17. The van der Waals surface area contributed by atoms with Crippen LogP contribution in [0.1, 0.15) is 30.4 Å². The lowest BCUT2D eigenvalue weighted by Crippen LogP contribution is -2.39. The lowest BCUT2D eigenvalue weighted by Gasteiger charge is -2.20. The van der Waals surface area contributed by atoms with Gasteiger partial charge in [-0.2, -0.15) is 13.2 Å². The van der Waals surface area contributed by atoms with Crippen LogP contribution in [0.5, 0.6) is 0 Å². The van der Waals surface area contributed by atoms with Crippen molar-refractivity contribution in [3.05, 3.63) is 45.5 Å². The molecule has 0 heterocycles. The maximum absolute atomic E-state index is 12.6. The number of nitro groups is 1. The van der Waals surface area contributed by atoms with Crippen molar-refractivity contribution in [3.63, 3.8) is 0 Å². The summed E-state index contributed by atoms with van der Waals surface area (Å²) in [5.41, 5.74) is 0.862. The molecule has 2 unspecified atom stereocenters. The molecule has 0 saturated heterocycles. The van der Waals surface area contributed by atoms with E-state index >= 15 is 0 Å². The highest BCUT2D eigenvalue weighted by molar-refractivity contribution is 5.86. The maximum Gasteiger partial charge on any atom is 0.449 e. The molecule has 132 valence electrons. The summed E-state index contributed by atoms with van der Waals surface area (Å²) in [5.74, 6) is -4.99. The van der Waals surface area contributed by atoms with E-state index in [1.807, 2.05) is 0 Å². The minimum atomic E-state index is -5.14. The smallest absolute Gasteiger partial charge is 0.449 e. The summed E-state index contributed by atoms with van der Waals surface area (Å²) in [5, 5.41) is 11.2. The molecule has 6 nitrogen and oxygen atoms in total. The third-order valence-corrected chi connectivity index (χ3v) is 3.36. The highest BCUT2D eigenvalue weighted by Gasteiger charge is 2.47. The first-order valence-corrected chi connectivity index (χ1v) is 7.04. The quantitative estimate of drug-likeness (QED) is 0.430. The molecule has 0 amide bonds. The number of hydrogen-bond acceptors (Lipinski definition) is 5. The Bertz CT molecular complexity index is 613. The second-order valence-corrected chi connectivity index (χ2v) is 5.12. The number of nitrogens with zero attached hydrogens (tertiary/aromatic N) is 1. The standard InChI is InChI=1S/C15H16F3NO5/c1-3-24-14(21)13(19(22)23)11(8-12(20)15(16,17)18)10-6-4-9(2)5-7-10/h4-7,11,13H,3,8H2,1-2H3. The largest absolute Gasteiger partial charge is 0.461 e. The molecule has 1 aromatic carbocycles. The minimum Gasteiger partial charge on any atom is -0.461 e. The van der Waals surface area contributed by atoms with Crippen molar-refractivity contribution in [1.82, 2.24) is 0 Å². The predicted molar refractivity (Wildman–Crippen MR) is 77.0 cm³/mol. The molecule has 0 saturated carbocycles. The summed E-state index contributed by atoms with van der Waals surface area (Å²) in [6.45, 7) is 2.96. The normalized spacial score (nSPS) is 13.9. The van der Waals surface area contributed by atoms with Crippen molar-refractivity contribution >= 4 is 11.8 Å². The Morgan fingerprint density at radius 2 is 1.79 bits per heavy atom. The second kappa shape index (κ2) is 7.89. The molecule has 0 aliphatic carbocycles. The molecule has 9 heteroatoms. The monoisotopic (exact) mass is 347 g/mol. The summed E-state index contributed by atoms with van der Waals surface area (Å²) in [7, 11) is 0. The lowest BCUT2D eigenvalue weighted by atomic mass is 9.86. The zero-order chi connectivity index (χ0) is 18.5. The van der Waals surface area contributed by atoms with Crippen molar-refractivity contribution in [2.45, 2.75) is 38.4 Å². The Balaban J connectivity index is 3.29. The molecule has 0 radical (unpaired) electrons. The number of ketones is 1. The summed E-state index contributed by atoms with van der Waals surface area (Å²) in [6, 6.07) is 3.68. The Morgan fingerprint density at radius 3 is 2.21 bits per heavy atom. The summed E-state index contributed by atoms with van der Waals surface area (Å²) in [4.78, 5) is 33.4. The molecular formula is C15H16F3NO5. The van der Waals surface area contributed by atoms with Gasteiger partial charge < -0.3 is 4.74 Å². The Hall–Kier alpha value is -2.45. The van der Waals surface area contributed by atoms with E-state index in [2.05, 4.69) is 4.74 Å². The summed E-state index contributed by atoms with van der Waals surface area (Å²) in [6.07, 6.45) is -6.35. The zero-order valence-corrected chi connectivity index (χ0v) is 13.0. The molecule has 0 aromatic heterocycles. The first kappa shape index (κ1) is 19.6. The van der Waals surface area contributed by atoms with Gasteiger partial charge in [-0.3, -0.25) is 14.9 Å². The number of benzene rings is 1. The van der Waals surface area contributed by atoms with Crippen LogP contribution in [0.15, 0.2) is 24.3 Å². The van der Waals surface area contributed by atoms with Crippen molar-refractivity contribution < 1.29 is 32.4 Å². The van der Waals surface area contributed by atoms with Crippen LogP contribution in [0.2, 0.25) is 0 Å². The van der Waals surface area contributed by atoms with Crippen LogP contribution < -0.4 is 0 Å². The number of alkyl halides is 3. The fourth-order valence-electron chi connectivity index (χ4n) is 2.17. The van der Waals surface area contributed by atoms with Gasteiger partial charge in [-0.25, -0.2) is 4.79 Å². The molecule has 0 spiro atoms. The fraction of sp³-hybridized carbons (Fsp3) is 0.467. The third kappa shape index (κ3) is 5.04. The first-order valence-electron chi connectivity index (χ1n) is 7.04. The van der Waals surface area contributed by atoms with E-state index in [-0.39, 0.29) is 12.2 Å². The minimum absolute atomic E-state index is 0.0907. The van der Waals surface area contributed by atoms with Crippen LogP contribution in [-0.4, -0.2) is 35.5 Å². The third-order valence-electron chi connectivity index (χ3n) is 3.36. The van der Waals surface area contributed by atoms with Crippen LogP contribution in [-0.2, 0) is 14.3 Å². The number of carbonyl (C=O) groups excluding carboxylic acids is 2. The van der Waals surface area contributed by atoms with Gasteiger partial charge in [0.15, 0.2) is 0 Å². The van der Waals surface area contributed by atoms with Gasteiger partial charge in [-0.05, 0) is 19.4 Å². The van der Waals surface area contributed by atoms with E-state index in [9.17, 15) is 32.9 Å². The van der Waals surface area contributed by atoms with Gasteiger partial charge in [0, 0.05) is 11.3 Å². The van der Waals surface area contributed by atoms with Gasteiger partial charge in [0.2, 0.25) is 5.78 Å². The van der Waals surface area contributed by atoms with Gasteiger partial charge >= 0.3 is 18.2 Å².